The Balaban J connectivity index is 1.74. The maximum atomic E-state index is 8.93. The fourth-order valence-electron chi connectivity index (χ4n) is 2.41. The van der Waals surface area contributed by atoms with Gasteiger partial charge in [-0.1, -0.05) is 13.3 Å². The Morgan fingerprint density at radius 3 is 2.68 bits per heavy atom. The van der Waals surface area contributed by atoms with Gasteiger partial charge in [0.1, 0.15) is 0 Å². The summed E-state index contributed by atoms with van der Waals surface area (Å²) in [5.74, 6) is 0. The van der Waals surface area contributed by atoms with Crippen molar-refractivity contribution < 1.29 is 5.11 Å². The summed E-state index contributed by atoms with van der Waals surface area (Å²) in [6, 6.07) is 0. The number of nitrogens with zero attached hydrogens (tertiary/aromatic N) is 3. The van der Waals surface area contributed by atoms with Gasteiger partial charge in [0, 0.05) is 44.6 Å². The number of hydrogen-bond donors (Lipinski definition) is 1. The van der Waals surface area contributed by atoms with Crippen LogP contribution < -0.4 is 0 Å². The van der Waals surface area contributed by atoms with E-state index in [1.165, 1.54) is 23.5 Å². The first-order chi connectivity index (χ1) is 9.31. The van der Waals surface area contributed by atoms with Crippen molar-refractivity contribution in [2.75, 3.05) is 39.3 Å². The quantitative estimate of drug-likeness (QED) is 0.825. The first kappa shape index (κ1) is 14.9. The summed E-state index contributed by atoms with van der Waals surface area (Å²) in [6.45, 7) is 8.58. The van der Waals surface area contributed by atoms with Crippen LogP contribution in [0.25, 0.3) is 0 Å². The minimum atomic E-state index is 0.271. The predicted octanol–water partition coefficient (Wildman–Crippen LogP) is 1.60. The summed E-state index contributed by atoms with van der Waals surface area (Å²) >= 11 is 1.81. The summed E-state index contributed by atoms with van der Waals surface area (Å²) in [7, 11) is 0. The molecular formula is C14H25N3OS. The molecule has 1 aliphatic heterocycles. The largest absolute Gasteiger partial charge is 0.395 e. The number of aromatic nitrogens is 1. The lowest BCUT2D eigenvalue weighted by atomic mass is 10.2. The lowest BCUT2D eigenvalue weighted by molar-refractivity contribution is 0.108. The van der Waals surface area contributed by atoms with Crippen molar-refractivity contribution >= 4 is 11.3 Å². The molecule has 1 aliphatic rings. The van der Waals surface area contributed by atoms with Crippen molar-refractivity contribution in [1.82, 2.24) is 14.8 Å². The average Bonchev–Trinajstić information content (AvgIpc) is 2.87. The molecule has 0 aliphatic carbocycles. The number of aliphatic hydroxyl groups is 1. The molecule has 2 heterocycles. The van der Waals surface area contributed by atoms with E-state index < -0.39 is 0 Å². The Kier molecular flexibility index (Phi) is 6.23. The maximum absolute atomic E-state index is 8.93. The Bertz CT molecular complexity index is 361. The molecule has 0 spiro atoms. The molecule has 1 saturated heterocycles. The van der Waals surface area contributed by atoms with Crippen molar-refractivity contribution in [1.29, 1.82) is 0 Å². The van der Waals surface area contributed by atoms with Gasteiger partial charge in [-0.15, -0.1) is 11.3 Å². The highest BCUT2D eigenvalue weighted by Crippen LogP contribution is 2.15. The van der Waals surface area contributed by atoms with Gasteiger partial charge in [-0.05, 0) is 12.8 Å². The summed E-state index contributed by atoms with van der Waals surface area (Å²) in [6.07, 6.45) is 3.61. The van der Waals surface area contributed by atoms with Crippen LogP contribution >= 0.6 is 11.3 Å². The molecular weight excluding hydrogens is 258 g/mol. The molecule has 1 aromatic heterocycles. The second-order valence-corrected chi connectivity index (χ2v) is 6.12. The smallest absolute Gasteiger partial charge is 0.0928 e. The van der Waals surface area contributed by atoms with Crippen molar-refractivity contribution in [3.05, 3.63) is 16.1 Å². The monoisotopic (exact) mass is 283 g/mol. The zero-order valence-corrected chi connectivity index (χ0v) is 12.7. The second-order valence-electron chi connectivity index (χ2n) is 5.18. The summed E-state index contributed by atoms with van der Waals surface area (Å²) in [4.78, 5) is 9.51. The molecule has 4 nitrogen and oxygen atoms in total. The first-order valence-corrected chi connectivity index (χ1v) is 8.18. The molecule has 0 aromatic carbocycles. The van der Waals surface area contributed by atoms with Gasteiger partial charge < -0.3 is 5.11 Å². The van der Waals surface area contributed by atoms with E-state index >= 15 is 0 Å². The number of rotatable bonds is 7. The van der Waals surface area contributed by atoms with Crippen LogP contribution in [-0.4, -0.2) is 59.2 Å². The predicted molar refractivity (Wildman–Crippen MR) is 79.5 cm³/mol. The van der Waals surface area contributed by atoms with Gasteiger partial charge in [0.2, 0.25) is 0 Å². The molecule has 0 saturated carbocycles. The molecule has 1 N–H and O–H groups in total. The van der Waals surface area contributed by atoms with E-state index in [9.17, 15) is 0 Å². The summed E-state index contributed by atoms with van der Waals surface area (Å²) in [5, 5.41) is 12.4. The van der Waals surface area contributed by atoms with Gasteiger partial charge in [-0.25, -0.2) is 4.98 Å². The van der Waals surface area contributed by atoms with Crippen molar-refractivity contribution in [3.8, 4) is 0 Å². The van der Waals surface area contributed by atoms with E-state index in [0.29, 0.717) is 0 Å². The molecule has 0 unspecified atom stereocenters. The van der Waals surface area contributed by atoms with Crippen molar-refractivity contribution in [2.45, 2.75) is 32.7 Å². The van der Waals surface area contributed by atoms with Gasteiger partial charge in [0.25, 0.3) is 0 Å². The molecule has 0 amide bonds. The number of aliphatic hydroxyl groups excluding tert-OH is 1. The fourth-order valence-corrected chi connectivity index (χ4v) is 3.24. The van der Waals surface area contributed by atoms with Crippen LogP contribution in [0, 0.1) is 0 Å². The molecule has 108 valence electrons. The van der Waals surface area contributed by atoms with E-state index in [1.807, 2.05) is 0 Å². The Hall–Kier alpha value is -0.490. The third-order valence-corrected chi connectivity index (χ3v) is 4.57. The highest BCUT2D eigenvalue weighted by molar-refractivity contribution is 7.09. The van der Waals surface area contributed by atoms with Gasteiger partial charge in [0.05, 0.1) is 17.3 Å². The van der Waals surface area contributed by atoms with E-state index in [4.69, 9.17) is 10.1 Å². The van der Waals surface area contributed by atoms with E-state index in [0.717, 1.165) is 45.7 Å². The van der Waals surface area contributed by atoms with Crippen LogP contribution in [-0.2, 0) is 13.0 Å². The van der Waals surface area contributed by atoms with Gasteiger partial charge >= 0.3 is 0 Å². The van der Waals surface area contributed by atoms with Crippen LogP contribution in [0.3, 0.4) is 0 Å². The van der Waals surface area contributed by atoms with Gasteiger partial charge in [-0.3, -0.25) is 9.80 Å². The Morgan fingerprint density at radius 1 is 1.26 bits per heavy atom. The number of thiazole rings is 1. The summed E-state index contributed by atoms with van der Waals surface area (Å²) in [5.41, 5.74) is 1.23. The van der Waals surface area contributed by atoms with Crippen LogP contribution in [0.5, 0.6) is 0 Å². The zero-order chi connectivity index (χ0) is 13.5. The highest BCUT2D eigenvalue weighted by Gasteiger charge is 2.17. The van der Waals surface area contributed by atoms with Gasteiger partial charge in [-0.2, -0.15) is 0 Å². The maximum Gasteiger partial charge on any atom is 0.0928 e. The van der Waals surface area contributed by atoms with E-state index in [1.54, 1.807) is 11.3 Å². The topological polar surface area (TPSA) is 39.6 Å². The number of aryl methyl sites for hydroxylation is 1. The zero-order valence-electron chi connectivity index (χ0n) is 11.8. The molecule has 1 fully saturated rings. The number of unbranched alkanes of at least 4 members (excludes halogenated alkanes) is 1. The van der Waals surface area contributed by atoms with E-state index in [-0.39, 0.29) is 6.61 Å². The molecule has 0 atom stereocenters. The minimum Gasteiger partial charge on any atom is -0.395 e. The number of hydrogen-bond acceptors (Lipinski definition) is 5. The minimum absolute atomic E-state index is 0.271. The van der Waals surface area contributed by atoms with Gasteiger partial charge in [0.15, 0.2) is 0 Å². The lowest BCUT2D eigenvalue weighted by Gasteiger charge is -2.33. The molecule has 0 bridgehead atoms. The summed E-state index contributed by atoms with van der Waals surface area (Å²) < 4.78 is 0. The Labute approximate surface area is 120 Å². The standard InChI is InChI=1S/C14H25N3OS/c1-2-3-4-14-15-13(12-19-14)11-17-7-5-16(6-8-17)9-10-18/h12,18H,2-11H2,1H3. The lowest BCUT2D eigenvalue weighted by Crippen LogP contribution is -2.46. The molecule has 2 rings (SSSR count). The van der Waals surface area contributed by atoms with Crippen molar-refractivity contribution in [2.24, 2.45) is 0 Å². The highest BCUT2D eigenvalue weighted by atomic mass is 32.1. The SMILES string of the molecule is CCCCc1nc(CN2CCN(CCO)CC2)cs1. The van der Waals surface area contributed by atoms with Crippen LogP contribution in [0.2, 0.25) is 0 Å². The third-order valence-electron chi connectivity index (χ3n) is 3.61. The third kappa shape index (κ3) is 4.84. The molecule has 5 heteroatoms. The van der Waals surface area contributed by atoms with Crippen LogP contribution in [0.4, 0.5) is 0 Å². The van der Waals surface area contributed by atoms with E-state index in [2.05, 4.69) is 22.1 Å². The average molecular weight is 283 g/mol. The normalized spacial score (nSPS) is 18.0. The molecule has 0 radical (unpaired) electrons. The second kappa shape index (κ2) is 7.94. The van der Waals surface area contributed by atoms with Crippen molar-refractivity contribution in [3.63, 3.8) is 0 Å². The number of β-amino-alcohol motifs (C(OH)–C–C–N with tert-alkyl or cyclic N) is 1. The Morgan fingerprint density at radius 2 is 2.00 bits per heavy atom. The first-order valence-electron chi connectivity index (χ1n) is 7.30. The van der Waals surface area contributed by atoms with Crippen LogP contribution in [0.1, 0.15) is 30.5 Å². The van der Waals surface area contributed by atoms with Crippen LogP contribution in [0.15, 0.2) is 5.38 Å². The fraction of sp³-hybridized carbons (Fsp3) is 0.786. The number of piperazine rings is 1. The molecule has 1 aromatic rings. The molecule has 19 heavy (non-hydrogen) atoms.